The van der Waals surface area contributed by atoms with Crippen LogP contribution in [0, 0.1) is 23.5 Å². The summed E-state index contributed by atoms with van der Waals surface area (Å²) in [5.74, 6) is -0.664. The number of nitrogens with zero attached hydrogens (tertiary/aromatic N) is 2. The molecule has 0 saturated carbocycles. The normalized spacial score (nSPS) is 21.3. The van der Waals surface area contributed by atoms with Gasteiger partial charge in [0.15, 0.2) is 11.6 Å². The minimum atomic E-state index is -0.826. The number of piperidine rings is 1. The zero-order valence-electron chi connectivity index (χ0n) is 16.9. The van der Waals surface area contributed by atoms with E-state index >= 15 is 0 Å². The number of carbonyl (C=O) groups excluding carboxylic acids is 1. The Balaban J connectivity index is 1.36. The van der Waals surface area contributed by atoms with Gasteiger partial charge >= 0.3 is 6.03 Å². The fourth-order valence-electron chi connectivity index (χ4n) is 4.17. The summed E-state index contributed by atoms with van der Waals surface area (Å²) in [6, 6.07) is 4.14. The van der Waals surface area contributed by atoms with E-state index in [1.54, 1.807) is 6.07 Å². The Bertz CT molecular complexity index is 662. The lowest BCUT2D eigenvalue weighted by molar-refractivity contribution is 0.177. The molecule has 2 heterocycles. The van der Waals surface area contributed by atoms with E-state index in [1.165, 1.54) is 6.07 Å². The number of amides is 2. The number of hydrogen-bond donors (Lipinski definition) is 2. The van der Waals surface area contributed by atoms with Crippen LogP contribution in [0.4, 0.5) is 19.3 Å². The Labute approximate surface area is 166 Å². The van der Waals surface area contributed by atoms with Gasteiger partial charge in [-0.25, -0.2) is 13.6 Å². The van der Waals surface area contributed by atoms with Crippen LogP contribution < -0.4 is 15.5 Å². The first kappa shape index (κ1) is 20.8. The molecular weight excluding hydrogens is 362 g/mol. The maximum atomic E-state index is 13.4. The van der Waals surface area contributed by atoms with Crippen molar-refractivity contribution in [2.45, 2.75) is 39.2 Å². The Morgan fingerprint density at radius 2 is 1.89 bits per heavy atom. The lowest BCUT2D eigenvalue weighted by atomic mass is 10.0. The van der Waals surface area contributed by atoms with Gasteiger partial charge in [0.05, 0.1) is 0 Å². The molecule has 28 heavy (non-hydrogen) atoms. The predicted octanol–water partition coefficient (Wildman–Crippen LogP) is 3.21. The molecule has 2 N–H and O–H groups in total. The molecule has 0 spiro atoms. The molecular formula is C21H32F2N4O. The number of halogens is 2. The van der Waals surface area contributed by atoms with Crippen LogP contribution in [-0.4, -0.2) is 56.2 Å². The number of rotatable bonds is 6. The van der Waals surface area contributed by atoms with Crippen LogP contribution in [0.25, 0.3) is 0 Å². The van der Waals surface area contributed by atoms with Gasteiger partial charge in [-0.05, 0) is 43.2 Å². The second kappa shape index (κ2) is 9.54. The Morgan fingerprint density at radius 3 is 2.57 bits per heavy atom. The molecule has 2 fully saturated rings. The van der Waals surface area contributed by atoms with Gasteiger partial charge in [0.1, 0.15) is 0 Å². The second-order valence-electron chi connectivity index (χ2n) is 8.52. The van der Waals surface area contributed by atoms with Gasteiger partial charge in [0, 0.05) is 57.1 Å². The van der Waals surface area contributed by atoms with Crippen molar-refractivity contribution < 1.29 is 13.6 Å². The molecule has 2 aliphatic heterocycles. The third-order valence-corrected chi connectivity index (χ3v) is 5.65. The summed E-state index contributed by atoms with van der Waals surface area (Å²) in [7, 11) is 0. The standard InChI is InChI=1S/C21H32F2N4O/c1-15(2)13-26-8-6-17(7-9-26)25-21(28)24-12-16-5-10-27(14-16)18-3-4-19(22)20(23)11-18/h3-4,11,15-17H,5-10,12-14H2,1-2H3,(H2,24,25,28)/t16-/m1/s1. The monoisotopic (exact) mass is 394 g/mol. The average Bonchev–Trinajstić information content (AvgIpc) is 3.12. The third-order valence-electron chi connectivity index (χ3n) is 5.65. The summed E-state index contributed by atoms with van der Waals surface area (Å²) in [5.41, 5.74) is 0.694. The summed E-state index contributed by atoms with van der Waals surface area (Å²) in [6.45, 7) is 9.77. The number of carbonyl (C=O) groups is 1. The highest BCUT2D eigenvalue weighted by Crippen LogP contribution is 2.25. The molecule has 1 atom stereocenters. The van der Waals surface area contributed by atoms with Crippen molar-refractivity contribution >= 4 is 11.7 Å². The van der Waals surface area contributed by atoms with E-state index in [9.17, 15) is 13.6 Å². The molecule has 5 nitrogen and oxygen atoms in total. The molecule has 0 radical (unpaired) electrons. The van der Waals surface area contributed by atoms with Crippen molar-refractivity contribution in [2.75, 3.05) is 44.2 Å². The molecule has 2 saturated heterocycles. The lowest BCUT2D eigenvalue weighted by Crippen LogP contribution is -2.49. The van der Waals surface area contributed by atoms with Crippen molar-refractivity contribution in [3.8, 4) is 0 Å². The van der Waals surface area contributed by atoms with Crippen molar-refractivity contribution in [1.29, 1.82) is 0 Å². The SMILES string of the molecule is CC(C)CN1CCC(NC(=O)NC[C@H]2CCN(c3ccc(F)c(F)c3)C2)CC1. The lowest BCUT2D eigenvalue weighted by Gasteiger charge is -2.33. The van der Waals surface area contributed by atoms with Crippen molar-refractivity contribution in [3.05, 3.63) is 29.8 Å². The smallest absolute Gasteiger partial charge is 0.315 e. The summed E-state index contributed by atoms with van der Waals surface area (Å²) in [4.78, 5) is 16.7. The Morgan fingerprint density at radius 1 is 1.14 bits per heavy atom. The van der Waals surface area contributed by atoms with E-state index < -0.39 is 11.6 Å². The van der Waals surface area contributed by atoms with E-state index in [0.29, 0.717) is 24.1 Å². The molecule has 1 aromatic carbocycles. The highest BCUT2D eigenvalue weighted by Gasteiger charge is 2.25. The molecule has 2 amide bonds. The van der Waals surface area contributed by atoms with Crippen LogP contribution in [0.15, 0.2) is 18.2 Å². The topological polar surface area (TPSA) is 47.6 Å². The number of urea groups is 1. The van der Waals surface area contributed by atoms with E-state index in [1.807, 2.05) is 4.90 Å². The fourth-order valence-corrected chi connectivity index (χ4v) is 4.17. The van der Waals surface area contributed by atoms with Crippen LogP contribution in [0.5, 0.6) is 0 Å². The highest BCUT2D eigenvalue weighted by atomic mass is 19.2. The maximum Gasteiger partial charge on any atom is 0.315 e. The first-order valence-corrected chi connectivity index (χ1v) is 10.4. The van der Waals surface area contributed by atoms with Crippen molar-refractivity contribution in [1.82, 2.24) is 15.5 Å². The molecule has 0 unspecified atom stereocenters. The summed E-state index contributed by atoms with van der Waals surface area (Å²) < 4.78 is 26.5. The van der Waals surface area contributed by atoms with Crippen LogP contribution in [0.2, 0.25) is 0 Å². The molecule has 7 heteroatoms. The molecule has 156 valence electrons. The van der Waals surface area contributed by atoms with E-state index in [2.05, 4.69) is 29.4 Å². The van der Waals surface area contributed by atoms with E-state index in [-0.39, 0.29) is 12.1 Å². The van der Waals surface area contributed by atoms with Gasteiger partial charge in [-0.3, -0.25) is 0 Å². The van der Waals surface area contributed by atoms with Crippen LogP contribution in [0.1, 0.15) is 33.1 Å². The number of hydrogen-bond acceptors (Lipinski definition) is 3. The molecule has 1 aromatic rings. The van der Waals surface area contributed by atoms with Crippen LogP contribution in [0.3, 0.4) is 0 Å². The largest absolute Gasteiger partial charge is 0.371 e. The fraction of sp³-hybridized carbons (Fsp3) is 0.667. The maximum absolute atomic E-state index is 13.4. The quantitative estimate of drug-likeness (QED) is 0.779. The van der Waals surface area contributed by atoms with Gasteiger partial charge in [0.2, 0.25) is 0 Å². The molecule has 3 rings (SSSR count). The third kappa shape index (κ3) is 5.80. The number of anilines is 1. The second-order valence-corrected chi connectivity index (χ2v) is 8.52. The highest BCUT2D eigenvalue weighted by molar-refractivity contribution is 5.74. The van der Waals surface area contributed by atoms with Gasteiger partial charge in [0.25, 0.3) is 0 Å². The predicted molar refractivity (Wildman–Crippen MR) is 108 cm³/mol. The minimum Gasteiger partial charge on any atom is -0.371 e. The van der Waals surface area contributed by atoms with Crippen LogP contribution in [-0.2, 0) is 0 Å². The van der Waals surface area contributed by atoms with E-state index in [4.69, 9.17) is 0 Å². The van der Waals surface area contributed by atoms with Crippen LogP contribution >= 0.6 is 0 Å². The Hall–Kier alpha value is -1.89. The first-order valence-electron chi connectivity index (χ1n) is 10.4. The van der Waals surface area contributed by atoms with Crippen molar-refractivity contribution in [2.24, 2.45) is 11.8 Å². The molecule has 0 aromatic heterocycles. The molecule has 2 aliphatic rings. The number of benzene rings is 1. The number of nitrogens with one attached hydrogen (secondary N) is 2. The average molecular weight is 395 g/mol. The van der Waals surface area contributed by atoms with Gasteiger partial charge < -0.3 is 20.4 Å². The zero-order chi connectivity index (χ0) is 20.1. The summed E-state index contributed by atoms with van der Waals surface area (Å²) >= 11 is 0. The van der Waals surface area contributed by atoms with Gasteiger partial charge in [-0.1, -0.05) is 13.8 Å². The van der Waals surface area contributed by atoms with Gasteiger partial charge in [-0.15, -0.1) is 0 Å². The molecule has 0 bridgehead atoms. The van der Waals surface area contributed by atoms with Crippen molar-refractivity contribution in [3.63, 3.8) is 0 Å². The zero-order valence-corrected chi connectivity index (χ0v) is 16.9. The minimum absolute atomic E-state index is 0.103. The number of likely N-dealkylation sites (tertiary alicyclic amines) is 1. The van der Waals surface area contributed by atoms with E-state index in [0.717, 1.165) is 58.1 Å². The first-order chi connectivity index (χ1) is 13.4. The summed E-state index contributed by atoms with van der Waals surface area (Å²) in [5, 5.41) is 6.08. The molecule has 0 aliphatic carbocycles. The van der Waals surface area contributed by atoms with Gasteiger partial charge in [-0.2, -0.15) is 0 Å². The summed E-state index contributed by atoms with van der Waals surface area (Å²) in [6.07, 6.45) is 2.91. The Kier molecular flexibility index (Phi) is 7.10.